The molecular weight excluding hydrogens is 595 g/mol. The van der Waals surface area contributed by atoms with Crippen LogP contribution in [0.4, 0.5) is 5.69 Å². The predicted octanol–water partition coefficient (Wildman–Crippen LogP) is -0.934. The Labute approximate surface area is 183 Å². The standard InChI is InChI=1S/C14H19I2N3O6.ClH/c15-11-8(13(24)18-2-6(22)4-20)1-9(17)12(16)10(11)14(25)19-3-7(23)5-21;/h1,6-7,20-23H,2-5,17H2,(H,18,24)(H,19,25);1H. The molecule has 2 unspecified atom stereocenters. The molecule has 0 heterocycles. The lowest BCUT2D eigenvalue weighted by atomic mass is 10.1. The summed E-state index contributed by atoms with van der Waals surface area (Å²) >= 11 is 3.72. The molecule has 1 rings (SSSR count). The fraction of sp³-hybridized carbons (Fsp3) is 0.429. The maximum absolute atomic E-state index is 12.4. The normalized spacial score (nSPS) is 12.7. The zero-order chi connectivity index (χ0) is 19.1. The molecule has 0 aliphatic carbocycles. The molecule has 12 heteroatoms. The molecule has 0 spiro atoms. The molecule has 0 fully saturated rings. The van der Waals surface area contributed by atoms with Crippen molar-refractivity contribution in [1.29, 1.82) is 0 Å². The zero-order valence-electron chi connectivity index (χ0n) is 13.4. The Hall–Kier alpha value is -0.450. The van der Waals surface area contributed by atoms with Crippen LogP contribution in [0.2, 0.25) is 0 Å². The quantitative estimate of drug-likeness (QED) is 0.147. The predicted molar refractivity (Wildman–Crippen MR) is 114 cm³/mol. The van der Waals surface area contributed by atoms with Gasteiger partial charge in [-0.05, 0) is 51.2 Å². The molecule has 1 aromatic carbocycles. The van der Waals surface area contributed by atoms with E-state index in [0.29, 0.717) is 7.14 Å². The Kier molecular flexibility index (Phi) is 11.9. The molecule has 0 saturated carbocycles. The maximum Gasteiger partial charge on any atom is 0.253 e. The van der Waals surface area contributed by atoms with Crippen molar-refractivity contribution in [2.75, 3.05) is 32.0 Å². The molecule has 0 saturated heterocycles. The number of benzene rings is 1. The van der Waals surface area contributed by atoms with E-state index in [1.165, 1.54) is 6.07 Å². The lowest BCUT2D eigenvalue weighted by Crippen LogP contribution is -2.36. The van der Waals surface area contributed by atoms with Crippen LogP contribution < -0.4 is 16.4 Å². The number of rotatable bonds is 8. The monoisotopic (exact) mass is 615 g/mol. The molecule has 148 valence electrons. The van der Waals surface area contributed by atoms with Gasteiger partial charge in [0.2, 0.25) is 0 Å². The third-order valence-electron chi connectivity index (χ3n) is 3.12. The van der Waals surface area contributed by atoms with E-state index < -0.39 is 37.2 Å². The summed E-state index contributed by atoms with van der Waals surface area (Å²) in [5.41, 5.74) is 6.43. The van der Waals surface area contributed by atoms with Crippen LogP contribution in [0.5, 0.6) is 0 Å². The number of hydrogen-bond donors (Lipinski definition) is 7. The number of carbonyl (C=O) groups is 2. The van der Waals surface area contributed by atoms with Crippen molar-refractivity contribution in [1.82, 2.24) is 10.6 Å². The fourth-order valence-corrected chi connectivity index (χ4v) is 3.86. The molecule has 0 aliphatic heterocycles. The van der Waals surface area contributed by atoms with E-state index in [2.05, 4.69) is 10.6 Å². The summed E-state index contributed by atoms with van der Waals surface area (Å²) in [5.74, 6) is -1.09. The van der Waals surface area contributed by atoms with Gasteiger partial charge in [0.05, 0.1) is 36.5 Å². The highest BCUT2D eigenvalue weighted by Crippen LogP contribution is 2.28. The highest BCUT2D eigenvalue weighted by molar-refractivity contribution is 14.1. The van der Waals surface area contributed by atoms with Crippen molar-refractivity contribution >= 4 is 75.1 Å². The van der Waals surface area contributed by atoms with Crippen molar-refractivity contribution in [3.8, 4) is 0 Å². The number of aliphatic hydroxyl groups is 4. The van der Waals surface area contributed by atoms with E-state index in [4.69, 9.17) is 15.9 Å². The van der Waals surface area contributed by atoms with Crippen LogP contribution in [0.1, 0.15) is 20.7 Å². The molecule has 2 amide bonds. The number of halogens is 3. The smallest absolute Gasteiger partial charge is 0.253 e. The van der Waals surface area contributed by atoms with Crippen molar-refractivity contribution in [2.24, 2.45) is 0 Å². The van der Waals surface area contributed by atoms with E-state index >= 15 is 0 Å². The van der Waals surface area contributed by atoms with Crippen LogP contribution in [-0.4, -0.2) is 70.8 Å². The Bertz CT molecular complexity index is 650. The van der Waals surface area contributed by atoms with Crippen LogP contribution >= 0.6 is 57.6 Å². The largest absolute Gasteiger partial charge is 0.398 e. The minimum Gasteiger partial charge on any atom is -0.398 e. The zero-order valence-corrected chi connectivity index (χ0v) is 18.5. The molecule has 0 aliphatic rings. The minimum atomic E-state index is -1.09. The first-order chi connectivity index (χ1) is 11.7. The van der Waals surface area contributed by atoms with Crippen LogP contribution in [-0.2, 0) is 0 Å². The highest BCUT2D eigenvalue weighted by atomic mass is 127. The second kappa shape index (κ2) is 12.1. The Morgan fingerprint density at radius 3 is 1.92 bits per heavy atom. The van der Waals surface area contributed by atoms with Gasteiger partial charge < -0.3 is 36.8 Å². The molecule has 0 bridgehead atoms. The number of amides is 2. The fourth-order valence-electron chi connectivity index (χ4n) is 1.76. The third kappa shape index (κ3) is 6.94. The van der Waals surface area contributed by atoms with Gasteiger partial charge in [-0.25, -0.2) is 0 Å². The van der Waals surface area contributed by atoms with E-state index in [1.54, 1.807) is 0 Å². The topological polar surface area (TPSA) is 165 Å². The van der Waals surface area contributed by atoms with E-state index in [-0.39, 0.29) is 42.3 Å². The molecular formula is C14H20ClI2N3O6. The second-order valence-corrected chi connectivity index (χ2v) is 7.27. The Morgan fingerprint density at radius 2 is 1.46 bits per heavy atom. The summed E-state index contributed by atoms with van der Waals surface area (Å²) in [6.45, 7) is -1.29. The number of nitrogens with one attached hydrogen (secondary N) is 2. The maximum atomic E-state index is 12.4. The first-order valence-corrected chi connectivity index (χ1v) is 9.30. The van der Waals surface area contributed by atoms with Gasteiger partial charge in [0.15, 0.2) is 0 Å². The lowest BCUT2D eigenvalue weighted by molar-refractivity contribution is 0.0798. The molecule has 26 heavy (non-hydrogen) atoms. The van der Waals surface area contributed by atoms with Crippen molar-refractivity contribution in [2.45, 2.75) is 12.2 Å². The summed E-state index contributed by atoms with van der Waals surface area (Å²) < 4.78 is 0.799. The summed E-state index contributed by atoms with van der Waals surface area (Å²) in [5, 5.41) is 41.1. The van der Waals surface area contributed by atoms with Gasteiger partial charge in [0, 0.05) is 25.9 Å². The van der Waals surface area contributed by atoms with Gasteiger partial charge >= 0.3 is 0 Å². The number of carbonyl (C=O) groups excluding carboxylic acids is 2. The number of aliphatic hydroxyl groups excluding tert-OH is 4. The van der Waals surface area contributed by atoms with Crippen LogP contribution in [0.25, 0.3) is 0 Å². The van der Waals surface area contributed by atoms with Gasteiger partial charge in [-0.1, -0.05) is 0 Å². The molecule has 2 atom stereocenters. The summed E-state index contributed by atoms with van der Waals surface area (Å²) in [6, 6.07) is 1.42. The van der Waals surface area contributed by atoms with E-state index in [9.17, 15) is 19.8 Å². The first kappa shape index (κ1) is 25.6. The SMILES string of the molecule is Cl.Nc1cc(C(=O)NCC(O)CO)c(I)c(C(=O)NCC(O)CO)c1I. The van der Waals surface area contributed by atoms with Gasteiger partial charge in [0.1, 0.15) is 0 Å². The van der Waals surface area contributed by atoms with Crippen molar-refractivity contribution in [3.63, 3.8) is 0 Å². The van der Waals surface area contributed by atoms with Crippen LogP contribution in [0, 0.1) is 7.14 Å². The van der Waals surface area contributed by atoms with Crippen molar-refractivity contribution in [3.05, 3.63) is 24.3 Å². The molecule has 8 N–H and O–H groups in total. The number of hydrogen-bond acceptors (Lipinski definition) is 7. The van der Waals surface area contributed by atoms with Gasteiger partial charge in [0.25, 0.3) is 11.8 Å². The first-order valence-electron chi connectivity index (χ1n) is 7.14. The lowest BCUT2D eigenvalue weighted by Gasteiger charge is -2.16. The molecule has 9 nitrogen and oxygen atoms in total. The summed E-state index contributed by atoms with van der Waals surface area (Å²) in [7, 11) is 0. The summed E-state index contributed by atoms with van der Waals surface area (Å²) in [4.78, 5) is 24.6. The van der Waals surface area contributed by atoms with Crippen LogP contribution in [0.3, 0.4) is 0 Å². The third-order valence-corrected chi connectivity index (χ3v) is 5.40. The second-order valence-electron chi connectivity index (χ2n) is 5.11. The Morgan fingerprint density at radius 1 is 1.00 bits per heavy atom. The van der Waals surface area contributed by atoms with E-state index in [1.807, 2.05) is 45.2 Å². The van der Waals surface area contributed by atoms with Gasteiger partial charge in [-0.2, -0.15) is 0 Å². The minimum absolute atomic E-state index is 0. The van der Waals surface area contributed by atoms with Crippen LogP contribution in [0.15, 0.2) is 6.07 Å². The Balaban J connectivity index is 0.00000625. The molecule has 0 radical (unpaired) electrons. The van der Waals surface area contributed by atoms with Gasteiger partial charge in [-0.15, -0.1) is 12.4 Å². The number of nitrogen functional groups attached to an aromatic ring is 1. The molecule has 0 aromatic heterocycles. The highest BCUT2D eigenvalue weighted by Gasteiger charge is 2.23. The van der Waals surface area contributed by atoms with Crippen molar-refractivity contribution < 1.29 is 30.0 Å². The number of nitrogens with two attached hydrogens (primary N) is 1. The van der Waals surface area contributed by atoms with Gasteiger partial charge in [-0.3, -0.25) is 9.59 Å². The summed E-state index contributed by atoms with van der Waals surface area (Å²) in [6.07, 6.45) is -2.19. The van der Waals surface area contributed by atoms with E-state index in [0.717, 1.165) is 0 Å². The average molecular weight is 616 g/mol. The average Bonchev–Trinajstić information content (AvgIpc) is 2.60. The number of anilines is 1. The molecule has 1 aromatic rings.